The number of nitrogens with zero attached hydrogens (tertiary/aromatic N) is 1. The first-order chi connectivity index (χ1) is 9.60. The Morgan fingerprint density at radius 1 is 1.40 bits per heavy atom. The Kier molecular flexibility index (Phi) is 3.98. The van der Waals surface area contributed by atoms with E-state index in [-0.39, 0.29) is 11.9 Å². The number of nitrogens with two attached hydrogens (primary N) is 1. The number of hydrogen-bond acceptors (Lipinski definition) is 3. The molecule has 3 rings (SSSR count). The Labute approximate surface area is 128 Å². The molecule has 5 heteroatoms. The van der Waals surface area contributed by atoms with Crippen LogP contribution in [0.1, 0.15) is 23.2 Å². The highest BCUT2D eigenvalue weighted by Crippen LogP contribution is 2.38. The van der Waals surface area contributed by atoms with Gasteiger partial charge in [0.05, 0.1) is 10.6 Å². The van der Waals surface area contributed by atoms with Crippen LogP contribution in [0.5, 0.6) is 0 Å². The maximum absolute atomic E-state index is 12.7. The normalized spacial score (nSPS) is 28.8. The Morgan fingerprint density at radius 3 is 2.90 bits per heavy atom. The lowest BCUT2D eigenvalue weighted by Gasteiger charge is -2.19. The van der Waals surface area contributed by atoms with Crippen molar-refractivity contribution in [1.29, 1.82) is 0 Å². The minimum Gasteiger partial charge on any atom is -0.338 e. The van der Waals surface area contributed by atoms with E-state index in [1.165, 1.54) is 0 Å². The minimum atomic E-state index is 0.0486. The second-order valence-corrected chi connectivity index (χ2v) is 7.01. The van der Waals surface area contributed by atoms with Gasteiger partial charge in [0.1, 0.15) is 0 Å². The van der Waals surface area contributed by atoms with Gasteiger partial charge in [0.2, 0.25) is 0 Å². The van der Waals surface area contributed by atoms with Crippen molar-refractivity contribution in [3.63, 3.8) is 0 Å². The predicted octanol–water partition coefficient (Wildman–Crippen LogP) is 2.87. The van der Waals surface area contributed by atoms with Crippen LogP contribution in [0.4, 0.5) is 0 Å². The molecule has 3 atom stereocenters. The standard InChI is InChI=1S/C15H19ClN2OS/c1-20-10-3-4-13(16)11(6-10)15(19)18-7-9-2-5-14(17)12(9)8-18/h3-4,6,9,12,14H,2,5,7-8,17H2,1H3. The van der Waals surface area contributed by atoms with Gasteiger partial charge >= 0.3 is 0 Å². The average Bonchev–Trinajstić information content (AvgIpc) is 3.01. The molecule has 20 heavy (non-hydrogen) atoms. The van der Waals surface area contributed by atoms with E-state index >= 15 is 0 Å². The van der Waals surface area contributed by atoms with Crippen molar-refractivity contribution in [1.82, 2.24) is 4.90 Å². The molecule has 1 heterocycles. The first-order valence-electron chi connectivity index (χ1n) is 6.98. The molecule has 2 N–H and O–H groups in total. The molecule has 0 radical (unpaired) electrons. The van der Waals surface area contributed by atoms with Crippen LogP contribution in [0.3, 0.4) is 0 Å². The molecule has 1 aromatic carbocycles. The third-order valence-corrected chi connectivity index (χ3v) is 5.66. The molecule has 2 aliphatic rings. The summed E-state index contributed by atoms with van der Waals surface area (Å²) in [4.78, 5) is 15.7. The van der Waals surface area contributed by atoms with Crippen molar-refractivity contribution in [3.8, 4) is 0 Å². The number of fused-ring (bicyclic) bond motifs is 1. The second kappa shape index (κ2) is 5.58. The Hall–Kier alpha value is -0.710. The largest absolute Gasteiger partial charge is 0.338 e. The molecule has 1 saturated carbocycles. The number of rotatable bonds is 2. The maximum Gasteiger partial charge on any atom is 0.255 e. The molecule has 0 bridgehead atoms. The van der Waals surface area contributed by atoms with E-state index in [9.17, 15) is 4.79 Å². The van der Waals surface area contributed by atoms with Crippen LogP contribution in [0.2, 0.25) is 5.02 Å². The molecule has 0 aromatic heterocycles. The summed E-state index contributed by atoms with van der Waals surface area (Å²) in [5, 5.41) is 0.536. The van der Waals surface area contributed by atoms with Crippen molar-refractivity contribution in [3.05, 3.63) is 28.8 Å². The van der Waals surface area contributed by atoms with Gasteiger partial charge in [-0.1, -0.05) is 11.6 Å². The Morgan fingerprint density at radius 2 is 2.20 bits per heavy atom. The number of benzene rings is 1. The first-order valence-corrected chi connectivity index (χ1v) is 8.59. The smallest absolute Gasteiger partial charge is 0.255 e. The molecule has 1 aromatic rings. The van der Waals surface area contributed by atoms with Gasteiger partial charge in [-0.05, 0) is 49.1 Å². The quantitative estimate of drug-likeness (QED) is 0.854. The van der Waals surface area contributed by atoms with Gasteiger partial charge in [-0.2, -0.15) is 0 Å². The number of hydrogen-bond donors (Lipinski definition) is 1. The van der Waals surface area contributed by atoms with Crippen LogP contribution in [0.15, 0.2) is 23.1 Å². The van der Waals surface area contributed by atoms with Gasteiger partial charge in [-0.3, -0.25) is 4.79 Å². The lowest BCUT2D eigenvalue weighted by atomic mass is 9.98. The zero-order valence-electron chi connectivity index (χ0n) is 11.5. The van der Waals surface area contributed by atoms with Crippen LogP contribution in [0.25, 0.3) is 0 Å². The van der Waals surface area contributed by atoms with E-state index in [1.807, 2.05) is 29.4 Å². The fourth-order valence-electron chi connectivity index (χ4n) is 3.44. The zero-order chi connectivity index (χ0) is 14.3. The highest BCUT2D eigenvalue weighted by Gasteiger charge is 2.42. The van der Waals surface area contributed by atoms with Gasteiger partial charge in [-0.15, -0.1) is 11.8 Å². The van der Waals surface area contributed by atoms with Crippen molar-refractivity contribution in [2.24, 2.45) is 17.6 Å². The molecule has 0 spiro atoms. The van der Waals surface area contributed by atoms with E-state index in [2.05, 4.69) is 0 Å². The average molecular weight is 311 g/mol. The highest BCUT2D eigenvalue weighted by molar-refractivity contribution is 7.98. The van der Waals surface area contributed by atoms with Gasteiger partial charge in [-0.25, -0.2) is 0 Å². The molecule has 3 unspecified atom stereocenters. The van der Waals surface area contributed by atoms with Crippen molar-refractivity contribution in [2.75, 3.05) is 19.3 Å². The van der Waals surface area contributed by atoms with E-state index in [0.717, 1.165) is 30.8 Å². The van der Waals surface area contributed by atoms with Crippen LogP contribution in [-0.2, 0) is 0 Å². The molecule has 1 aliphatic heterocycles. The van der Waals surface area contributed by atoms with Crippen LogP contribution < -0.4 is 5.73 Å². The molecule has 3 nitrogen and oxygen atoms in total. The van der Waals surface area contributed by atoms with Gasteiger partial charge in [0, 0.05) is 24.0 Å². The summed E-state index contributed by atoms with van der Waals surface area (Å²) >= 11 is 7.81. The van der Waals surface area contributed by atoms with E-state index in [4.69, 9.17) is 17.3 Å². The Balaban J connectivity index is 1.80. The minimum absolute atomic E-state index is 0.0486. The number of thioether (sulfide) groups is 1. The summed E-state index contributed by atoms with van der Waals surface area (Å²) in [6, 6.07) is 5.90. The molecule has 108 valence electrons. The number of halogens is 1. The third kappa shape index (κ3) is 2.45. The summed E-state index contributed by atoms with van der Waals surface area (Å²) in [5.74, 6) is 1.10. The van der Waals surface area contributed by atoms with E-state index in [0.29, 0.717) is 22.4 Å². The summed E-state index contributed by atoms with van der Waals surface area (Å²) in [6.45, 7) is 1.61. The summed E-state index contributed by atoms with van der Waals surface area (Å²) < 4.78 is 0. The maximum atomic E-state index is 12.7. The van der Waals surface area contributed by atoms with Crippen LogP contribution in [0, 0.1) is 11.8 Å². The molecule has 1 aliphatic carbocycles. The fraction of sp³-hybridized carbons (Fsp3) is 0.533. The Bertz CT molecular complexity index is 537. The zero-order valence-corrected chi connectivity index (χ0v) is 13.1. The van der Waals surface area contributed by atoms with Crippen molar-refractivity contribution >= 4 is 29.3 Å². The van der Waals surface area contributed by atoms with Crippen LogP contribution >= 0.6 is 23.4 Å². The predicted molar refractivity (Wildman–Crippen MR) is 83.3 cm³/mol. The van der Waals surface area contributed by atoms with Crippen molar-refractivity contribution in [2.45, 2.75) is 23.8 Å². The summed E-state index contributed by atoms with van der Waals surface area (Å²) in [5.41, 5.74) is 6.75. The molecular formula is C15H19ClN2OS. The summed E-state index contributed by atoms with van der Waals surface area (Å²) in [6.07, 6.45) is 4.24. The topological polar surface area (TPSA) is 46.3 Å². The lowest BCUT2D eigenvalue weighted by molar-refractivity contribution is 0.0779. The highest BCUT2D eigenvalue weighted by atomic mass is 35.5. The number of amides is 1. The third-order valence-electron chi connectivity index (χ3n) is 4.60. The molecular weight excluding hydrogens is 292 g/mol. The monoisotopic (exact) mass is 310 g/mol. The second-order valence-electron chi connectivity index (χ2n) is 5.72. The number of likely N-dealkylation sites (tertiary alicyclic amines) is 1. The molecule has 2 fully saturated rings. The first kappa shape index (κ1) is 14.2. The lowest BCUT2D eigenvalue weighted by Crippen LogP contribution is -2.33. The van der Waals surface area contributed by atoms with E-state index < -0.39 is 0 Å². The van der Waals surface area contributed by atoms with Gasteiger partial charge in [0.15, 0.2) is 0 Å². The number of carbonyl (C=O) groups excluding carboxylic acids is 1. The molecule has 1 saturated heterocycles. The number of carbonyl (C=O) groups is 1. The van der Waals surface area contributed by atoms with Gasteiger partial charge in [0.25, 0.3) is 5.91 Å². The molecule has 1 amide bonds. The summed E-state index contributed by atoms with van der Waals surface area (Å²) in [7, 11) is 0. The van der Waals surface area contributed by atoms with Crippen LogP contribution in [-0.4, -0.2) is 36.2 Å². The van der Waals surface area contributed by atoms with E-state index in [1.54, 1.807) is 11.8 Å². The van der Waals surface area contributed by atoms with Gasteiger partial charge < -0.3 is 10.6 Å². The van der Waals surface area contributed by atoms with Crippen molar-refractivity contribution < 1.29 is 4.79 Å². The fourth-order valence-corrected chi connectivity index (χ4v) is 4.08. The SMILES string of the molecule is CSc1ccc(Cl)c(C(=O)N2CC3CCC(N)C3C2)c1.